The Bertz CT molecular complexity index is 497. The minimum atomic E-state index is -1.36. The molecule has 0 aliphatic rings. The molecule has 1 N–H and O–H groups in total. The van der Waals surface area contributed by atoms with Crippen LogP contribution < -0.4 is 5.32 Å². The Hall–Kier alpha value is -1.57. The summed E-state index contributed by atoms with van der Waals surface area (Å²) in [5.74, 6) is -3.45. The number of halogens is 3. The smallest absolute Gasteiger partial charge is 0.285 e. The second-order valence-electron chi connectivity index (χ2n) is 3.69. The zero-order chi connectivity index (χ0) is 14.4. The van der Waals surface area contributed by atoms with Crippen molar-refractivity contribution in [3.05, 3.63) is 39.4 Å². The highest BCUT2D eigenvalue weighted by molar-refractivity contribution is 9.09. The van der Waals surface area contributed by atoms with E-state index in [9.17, 15) is 23.7 Å². The molecule has 5 nitrogen and oxygen atoms in total. The Balaban J connectivity index is 2.89. The van der Waals surface area contributed by atoms with E-state index in [0.29, 0.717) is 25.1 Å². The average Bonchev–Trinajstić information content (AvgIpc) is 2.36. The van der Waals surface area contributed by atoms with E-state index in [4.69, 9.17) is 0 Å². The molecule has 0 saturated carbocycles. The maximum absolute atomic E-state index is 13.0. The predicted octanol–water partition coefficient (Wildman–Crippen LogP) is 2.78. The molecule has 0 bridgehead atoms. The predicted molar refractivity (Wildman–Crippen MR) is 68.4 cm³/mol. The summed E-state index contributed by atoms with van der Waals surface area (Å²) in [6.07, 6.45) is 1.49. The average molecular weight is 337 g/mol. The zero-order valence-corrected chi connectivity index (χ0v) is 11.4. The van der Waals surface area contributed by atoms with Gasteiger partial charge in [0, 0.05) is 11.9 Å². The number of nitro benzene ring substituents is 1. The lowest BCUT2D eigenvalue weighted by atomic mass is 10.1. The molecule has 0 radical (unpaired) electrons. The van der Waals surface area contributed by atoms with E-state index in [1.165, 1.54) is 0 Å². The number of nitrogens with one attached hydrogen (secondary N) is 1. The Labute approximate surface area is 116 Å². The molecule has 0 heterocycles. The van der Waals surface area contributed by atoms with E-state index in [-0.39, 0.29) is 0 Å². The quantitative estimate of drug-likeness (QED) is 0.375. The third-order valence-corrected chi connectivity index (χ3v) is 2.89. The highest BCUT2D eigenvalue weighted by Crippen LogP contribution is 2.22. The summed E-state index contributed by atoms with van der Waals surface area (Å²) in [6, 6.07) is 0.940. The number of hydrogen-bond acceptors (Lipinski definition) is 3. The molecule has 1 aromatic rings. The Morgan fingerprint density at radius 3 is 2.53 bits per heavy atom. The number of hydrogen-bond donors (Lipinski definition) is 1. The van der Waals surface area contributed by atoms with Crippen molar-refractivity contribution >= 4 is 27.5 Å². The lowest BCUT2D eigenvalue weighted by molar-refractivity contribution is -0.385. The van der Waals surface area contributed by atoms with Crippen LogP contribution in [0.4, 0.5) is 14.5 Å². The molecule has 0 aromatic heterocycles. The molecule has 1 amide bonds. The van der Waals surface area contributed by atoms with E-state index < -0.39 is 33.7 Å². The van der Waals surface area contributed by atoms with Crippen molar-refractivity contribution in [3.63, 3.8) is 0 Å². The lowest BCUT2D eigenvalue weighted by Crippen LogP contribution is -2.25. The first-order valence-electron chi connectivity index (χ1n) is 5.45. The Morgan fingerprint density at radius 2 is 1.95 bits per heavy atom. The van der Waals surface area contributed by atoms with Crippen molar-refractivity contribution in [2.45, 2.75) is 12.8 Å². The molecule has 0 aliphatic heterocycles. The normalized spacial score (nSPS) is 10.3. The van der Waals surface area contributed by atoms with E-state index >= 15 is 0 Å². The van der Waals surface area contributed by atoms with Crippen molar-refractivity contribution in [2.24, 2.45) is 0 Å². The van der Waals surface area contributed by atoms with Crippen molar-refractivity contribution in [1.82, 2.24) is 5.32 Å². The third kappa shape index (κ3) is 4.23. The summed E-state index contributed by atoms with van der Waals surface area (Å²) in [4.78, 5) is 21.5. The first-order chi connectivity index (χ1) is 8.97. The lowest BCUT2D eigenvalue weighted by Gasteiger charge is -2.06. The number of nitro groups is 1. The number of benzene rings is 1. The number of alkyl halides is 1. The first-order valence-corrected chi connectivity index (χ1v) is 6.57. The third-order valence-electron chi connectivity index (χ3n) is 2.33. The second kappa shape index (κ2) is 7.13. The fourth-order valence-electron chi connectivity index (χ4n) is 1.39. The van der Waals surface area contributed by atoms with Crippen molar-refractivity contribution < 1.29 is 18.5 Å². The summed E-state index contributed by atoms with van der Waals surface area (Å²) in [6.45, 7) is 0.306. The Kier molecular flexibility index (Phi) is 5.81. The SMILES string of the molecule is O=C(NCCCCBr)c1cc(F)c(F)cc1[N+](=O)[O-]. The summed E-state index contributed by atoms with van der Waals surface area (Å²) >= 11 is 3.22. The minimum Gasteiger partial charge on any atom is -0.352 e. The van der Waals surface area contributed by atoms with E-state index in [2.05, 4.69) is 21.2 Å². The van der Waals surface area contributed by atoms with Crippen molar-refractivity contribution in [2.75, 3.05) is 11.9 Å². The van der Waals surface area contributed by atoms with E-state index in [1.807, 2.05) is 0 Å². The van der Waals surface area contributed by atoms with Crippen LogP contribution in [0.5, 0.6) is 0 Å². The number of carbonyl (C=O) groups excluding carboxylic acids is 1. The van der Waals surface area contributed by atoms with Gasteiger partial charge in [-0.25, -0.2) is 8.78 Å². The zero-order valence-electron chi connectivity index (χ0n) is 9.79. The monoisotopic (exact) mass is 336 g/mol. The van der Waals surface area contributed by atoms with Crippen molar-refractivity contribution in [3.8, 4) is 0 Å². The molecule has 1 aromatic carbocycles. The fraction of sp³-hybridized carbons (Fsp3) is 0.364. The maximum Gasteiger partial charge on any atom is 0.285 e. The molecule has 104 valence electrons. The molecule has 0 aliphatic carbocycles. The Morgan fingerprint density at radius 1 is 1.32 bits per heavy atom. The summed E-state index contributed by atoms with van der Waals surface area (Å²) in [5.41, 5.74) is -1.24. The molecular weight excluding hydrogens is 326 g/mol. The number of carbonyl (C=O) groups is 1. The second-order valence-corrected chi connectivity index (χ2v) is 4.49. The summed E-state index contributed by atoms with van der Waals surface area (Å²) in [5, 5.41) is 13.9. The van der Waals surface area contributed by atoms with Crippen LogP contribution in [0.1, 0.15) is 23.2 Å². The van der Waals surface area contributed by atoms with Gasteiger partial charge in [-0.2, -0.15) is 0 Å². The van der Waals surface area contributed by atoms with Crippen molar-refractivity contribution in [1.29, 1.82) is 0 Å². The van der Waals surface area contributed by atoms with Gasteiger partial charge in [0.1, 0.15) is 5.56 Å². The van der Waals surface area contributed by atoms with Gasteiger partial charge in [0.2, 0.25) is 0 Å². The van der Waals surface area contributed by atoms with E-state index in [0.717, 1.165) is 11.8 Å². The van der Waals surface area contributed by atoms with Gasteiger partial charge in [-0.05, 0) is 18.9 Å². The molecule has 0 fully saturated rings. The van der Waals surface area contributed by atoms with Gasteiger partial charge in [0.25, 0.3) is 11.6 Å². The van der Waals surface area contributed by atoms with Gasteiger partial charge < -0.3 is 5.32 Å². The van der Waals surface area contributed by atoms with Gasteiger partial charge in [-0.15, -0.1) is 0 Å². The van der Waals surface area contributed by atoms with Gasteiger partial charge in [-0.1, -0.05) is 15.9 Å². The number of rotatable bonds is 6. The van der Waals surface area contributed by atoms with Gasteiger partial charge in [0.05, 0.1) is 11.0 Å². The first kappa shape index (κ1) is 15.5. The number of amides is 1. The molecule has 0 unspecified atom stereocenters. The largest absolute Gasteiger partial charge is 0.352 e. The van der Waals surface area contributed by atoms with Crippen LogP contribution in [0.25, 0.3) is 0 Å². The molecule has 1 rings (SSSR count). The molecule has 8 heteroatoms. The van der Waals surface area contributed by atoms with Crippen LogP contribution in [-0.4, -0.2) is 22.7 Å². The number of unbranched alkanes of at least 4 members (excludes halogenated alkanes) is 1. The molecule has 0 atom stereocenters. The van der Waals surface area contributed by atoms with Crippen LogP contribution >= 0.6 is 15.9 Å². The molecular formula is C11H11BrF2N2O3. The van der Waals surface area contributed by atoms with Gasteiger partial charge >= 0.3 is 0 Å². The maximum atomic E-state index is 13.0. The molecule has 0 spiro atoms. The van der Waals surface area contributed by atoms with Crippen LogP contribution in [0, 0.1) is 21.7 Å². The summed E-state index contributed by atoms with van der Waals surface area (Å²) in [7, 11) is 0. The van der Waals surface area contributed by atoms with Crippen LogP contribution in [0.3, 0.4) is 0 Å². The van der Waals surface area contributed by atoms with Crippen LogP contribution in [0.2, 0.25) is 0 Å². The van der Waals surface area contributed by atoms with Crippen LogP contribution in [0.15, 0.2) is 12.1 Å². The van der Waals surface area contributed by atoms with Gasteiger partial charge in [0.15, 0.2) is 11.6 Å². The van der Waals surface area contributed by atoms with Gasteiger partial charge in [-0.3, -0.25) is 14.9 Å². The fourth-order valence-corrected chi connectivity index (χ4v) is 1.78. The topological polar surface area (TPSA) is 72.2 Å². The standard InChI is InChI=1S/C11H11BrF2N2O3/c12-3-1-2-4-15-11(17)7-5-8(13)9(14)6-10(7)16(18)19/h5-6H,1-4H2,(H,15,17). The summed E-state index contributed by atoms with van der Waals surface area (Å²) < 4.78 is 26.0. The molecule has 19 heavy (non-hydrogen) atoms. The van der Waals surface area contributed by atoms with E-state index in [1.54, 1.807) is 0 Å². The minimum absolute atomic E-state index is 0.306. The number of nitrogens with zero attached hydrogens (tertiary/aromatic N) is 1. The highest BCUT2D eigenvalue weighted by atomic mass is 79.9. The highest BCUT2D eigenvalue weighted by Gasteiger charge is 2.23. The van der Waals surface area contributed by atoms with Crippen LogP contribution in [-0.2, 0) is 0 Å². The molecule has 0 saturated heterocycles.